The predicted octanol–water partition coefficient (Wildman–Crippen LogP) is 2.41. The summed E-state index contributed by atoms with van der Waals surface area (Å²) >= 11 is 0. The van der Waals surface area contributed by atoms with Gasteiger partial charge in [-0.1, -0.05) is 0 Å². The second kappa shape index (κ2) is 6.14. The molecule has 0 spiro atoms. The van der Waals surface area contributed by atoms with Crippen LogP contribution < -0.4 is 5.32 Å². The molecule has 2 atom stereocenters. The van der Waals surface area contributed by atoms with Gasteiger partial charge in [0.2, 0.25) is 5.91 Å². The molecule has 0 aliphatic heterocycles. The largest absolute Gasteiger partial charge is 0.467 e. The van der Waals surface area contributed by atoms with E-state index in [1.54, 1.807) is 6.92 Å². The van der Waals surface area contributed by atoms with Gasteiger partial charge in [-0.15, -0.1) is 0 Å². The van der Waals surface area contributed by atoms with Crippen molar-refractivity contribution < 1.29 is 14.3 Å². The normalized spacial score (nSPS) is 36.8. The van der Waals surface area contributed by atoms with E-state index in [0.29, 0.717) is 24.2 Å². The first-order valence-corrected chi connectivity index (χ1v) is 8.74. The van der Waals surface area contributed by atoms with Gasteiger partial charge in [0.05, 0.1) is 13.2 Å². The molecule has 1 amide bonds. The summed E-state index contributed by atoms with van der Waals surface area (Å²) in [6, 6.07) is 1.41. The third-order valence-corrected chi connectivity index (χ3v) is 6.12. The van der Waals surface area contributed by atoms with Crippen LogP contribution in [0.15, 0.2) is 0 Å². The molecule has 0 aromatic rings. The summed E-state index contributed by atoms with van der Waals surface area (Å²) in [5, 5.41) is 11.9. The van der Waals surface area contributed by atoms with E-state index in [-0.39, 0.29) is 17.2 Å². The highest BCUT2D eigenvalue weighted by atomic mass is 16.5. The highest BCUT2D eigenvalue weighted by Gasteiger charge is 2.55. The Labute approximate surface area is 137 Å². The minimum absolute atomic E-state index is 0.0112. The van der Waals surface area contributed by atoms with Crippen LogP contribution in [-0.4, -0.2) is 25.0 Å². The van der Waals surface area contributed by atoms with Crippen molar-refractivity contribution in [1.82, 2.24) is 5.32 Å². The number of amides is 1. The molecule has 4 fully saturated rings. The molecule has 4 bridgehead atoms. The zero-order chi connectivity index (χ0) is 16.6. The van der Waals surface area contributed by atoms with Gasteiger partial charge in [0.25, 0.3) is 0 Å². The fourth-order valence-corrected chi connectivity index (χ4v) is 5.46. The van der Waals surface area contributed by atoms with Gasteiger partial charge in [0.15, 0.2) is 0 Å². The maximum absolute atomic E-state index is 13.0. The van der Waals surface area contributed by atoms with Gasteiger partial charge in [-0.25, -0.2) is 4.79 Å². The highest BCUT2D eigenvalue weighted by Crippen LogP contribution is 2.60. The maximum Gasteiger partial charge on any atom is 0.328 e. The van der Waals surface area contributed by atoms with Crippen LogP contribution in [0.1, 0.15) is 51.9 Å². The van der Waals surface area contributed by atoms with E-state index in [4.69, 9.17) is 10.00 Å². The van der Waals surface area contributed by atoms with Crippen molar-refractivity contribution in [3.63, 3.8) is 0 Å². The molecular formula is C18H26N2O3. The molecule has 5 nitrogen and oxygen atoms in total. The Morgan fingerprint density at radius 2 is 1.74 bits per heavy atom. The molecule has 126 valence electrons. The molecule has 4 rings (SSSR count). The van der Waals surface area contributed by atoms with E-state index in [2.05, 4.69) is 11.4 Å². The van der Waals surface area contributed by atoms with Gasteiger partial charge in [0.1, 0.15) is 6.04 Å². The maximum atomic E-state index is 13.0. The lowest BCUT2D eigenvalue weighted by molar-refractivity contribution is -0.153. The molecule has 1 N–H and O–H groups in total. The van der Waals surface area contributed by atoms with Crippen LogP contribution in [-0.2, 0) is 14.3 Å². The molecule has 4 aliphatic rings. The van der Waals surface area contributed by atoms with Crippen molar-refractivity contribution in [3.8, 4) is 6.07 Å². The molecule has 0 aromatic heterocycles. The van der Waals surface area contributed by atoms with Crippen molar-refractivity contribution in [2.75, 3.05) is 7.11 Å². The summed E-state index contributed by atoms with van der Waals surface area (Å²) < 4.78 is 4.81. The van der Waals surface area contributed by atoms with Crippen LogP contribution in [0.4, 0.5) is 0 Å². The Morgan fingerprint density at radius 1 is 1.22 bits per heavy atom. The lowest BCUT2D eigenvalue weighted by Crippen LogP contribution is -2.56. The number of nitriles is 1. The fourth-order valence-electron chi connectivity index (χ4n) is 5.46. The zero-order valence-electron chi connectivity index (χ0n) is 14.0. The third-order valence-electron chi connectivity index (χ3n) is 6.12. The van der Waals surface area contributed by atoms with Gasteiger partial charge >= 0.3 is 5.97 Å². The second-order valence-corrected chi connectivity index (χ2v) is 8.01. The summed E-state index contributed by atoms with van der Waals surface area (Å²) in [7, 11) is 1.32. The smallest absolute Gasteiger partial charge is 0.328 e. The van der Waals surface area contributed by atoms with Crippen LogP contribution >= 0.6 is 0 Å². The number of ether oxygens (including phenoxy) is 1. The third kappa shape index (κ3) is 3.08. The SMILES string of the molecule is COC(=O)[C@H](C[C@@H](C)C#N)NC(=O)C12CC3CC(CC(C3)C1)C2. The number of carbonyl (C=O) groups excluding carboxylic acids is 2. The van der Waals surface area contributed by atoms with Gasteiger partial charge in [-0.3, -0.25) is 4.79 Å². The van der Waals surface area contributed by atoms with Gasteiger partial charge in [0, 0.05) is 11.3 Å². The van der Waals surface area contributed by atoms with Gasteiger partial charge in [-0.05, 0) is 69.6 Å². The Balaban J connectivity index is 1.71. The molecule has 0 heterocycles. The molecular weight excluding hydrogens is 292 g/mol. The number of nitrogens with zero attached hydrogens (tertiary/aromatic N) is 1. The van der Waals surface area contributed by atoms with Gasteiger partial charge in [-0.2, -0.15) is 5.26 Å². The lowest BCUT2D eigenvalue weighted by Gasteiger charge is -2.55. The first-order chi connectivity index (χ1) is 11.0. The van der Waals surface area contributed by atoms with Crippen molar-refractivity contribution in [2.45, 2.75) is 57.9 Å². The first-order valence-electron chi connectivity index (χ1n) is 8.74. The van der Waals surface area contributed by atoms with Crippen molar-refractivity contribution >= 4 is 11.9 Å². The molecule has 4 aliphatic carbocycles. The second-order valence-electron chi connectivity index (χ2n) is 8.01. The first kappa shape index (κ1) is 16.3. The molecule has 5 heteroatoms. The van der Waals surface area contributed by atoms with E-state index in [0.717, 1.165) is 19.3 Å². The fraction of sp³-hybridized carbons (Fsp3) is 0.833. The number of nitrogens with one attached hydrogen (secondary N) is 1. The Kier molecular flexibility index (Phi) is 4.35. The quantitative estimate of drug-likeness (QED) is 0.790. The van der Waals surface area contributed by atoms with E-state index < -0.39 is 12.0 Å². The van der Waals surface area contributed by atoms with Crippen molar-refractivity contribution in [1.29, 1.82) is 5.26 Å². The summed E-state index contributed by atoms with van der Waals surface area (Å²) in [5.41, 5.74) is -0.281. The molecule has 4 saturated carbocycles. The number of rotatable bonds is 5. The van der Waals surface area contributed by atoms with Crippen molar-refractivity contribution in [3.05, 3.63) is 0 Å². The Morgan fingerprint density at radius 3 is 2.17 bits per heavy atom. The van der Waals surface area contributed by atoms with E-state index in [1.807, 2.05) is 0 Å². The number of methoxy groups -OCH3 is 1. The van der Waals surface area contributed by atoms with Crippen LogP contribution in [0.2, 0.25) is 0 Å². The van der Waals surface area contributed by atoms with Crippen LogP contribution in [0.25, 0.3) is 0 Å². The average molecular weight is 318 g/mol. The standard InChI is InChI=1S/C18H26N2O3/c1-11(10-19)3-15(16(21)23-2)20-17(22)18-7-12-4-13(8-18)6-14(5-12)9-18/h11-15H,3-9H2,1-2H3,(H,20,22)/t11-,12?,13?,14?,15+,18?/m1/s1. The zero-order valence-corrected chi connectivity index (χ0v) is 14.0. The minimum Gasteiger partial charge on any atom is -0.467 e. The summed E-state index contributed by atoms with van der Waals surface area (Å²) in [5.74, 6) is 1.31. The summed E-state index contributed by atoms with van der Waals surface area (Å²) in [4.78, 5) is 25.0. The minimum atomic E-state index is -0.713. The summed E-state index contributed by atoms with van der Waals surface area (Å²) in [6.45, 7) is 1.76. The molecule has 0 saturated heterocycles. The van der Waals surface area contributed by atoms with Crippen LogP contribution in [0.3, 0.4) is 0 Å². The molecule has 23 heavy (non-hydrogen) atoms. The topological polar surface area (TPSA) is 79.2 Å². The van der Waals surface area contributed by atoms with E-state index in [9.17, 15) is 9.59 Å². The number of hydrogen-bond acceptors (Lipinski definition) is 4. The van der Waals surface area contributed by atoms with Gasteiger partial charge < -0.3 is 10.1 Å². The van der Waals surface area contributed by atoms with Crippen molar-refractivity contribution in [2.24, 2.45) is 29.1 Å². The Hall–Kier alpha value is -1.57. The average Bonchev–Trinajstić information content (AvgIpc) is 2.51. The van der Waals surface area contributed by atoms with E-state index in [1.165, 1.54) is 26.4 Å². The highest BCUT2D eigenvalue weighted by molar-refractivity contribution is 5.88. The molecule has 0 aromatic carbocycles. The van der Waals surface area contributed by atoms with Crippen LogP contribution in [0, 0.1) is 40.4 Å². The predicted molar refractivity (Wildman–Crippen MR) is 83.9 cm³/mol. The van der Waals surface area contributed by atoms with Crippen LogP contribution in [0.5, 0.6) is 0 Å². The summed E-state index contributed by atoms with van der Waals surface area (Å²) in [6.07, 6.45) is 7.03. The lowest BCUT2D eigenvalue weighted by atomic mass is 9.49. The number of esters is 1. The molecule has 0 unspecified atom stereocenters. The number of carbonyl (C=O) groups is 2. The Bertz CT molecular complexity index is 502. The number of hydrogen-bond donors (Lipinski definition) is 1. The monoisotopic (exact) mass is 318 g/mol. The molecule has 0 radical (unpaired) electrons. The van der Waals surface area contributed by atoms with E-state index >= 15 is 0 Å².